The summed E-state index contributed by atoms with van der Waals surface area (Å²) in [6, 6.07) is 2.48. The molecule has 116 valence electrons. The predicted octanol–water partition coefficient (Wildman–Crippen LogP) is 3.98. The van der Waals surface area contributed by atoms with E-state index in [9.17, 15) is 0 Å². The van der Waals surface area contributed by atoms with Crippen LogP contribution in [0.3, 0.4) is 0 Å². The molecular formula is C15H22ClN3OS. The number of rotatable bonds is 8. The Labute approximate surface area is 135 Å². The molecule has 0 aliphatic heterocycles. The van der Waals surface area contributed by atoms with Crippen molar-refractivity contribution in [3.8, 4) is 0 Å². The lowest BCUT2D eigenvalue weighted by atomic mass is 10.1. The fourth-order valence-electron chi connectivity index (χ4n) is 2.52. The maximum Gasteiger partial charge on any atom is 0.145 e. The molecule has 0 saturated carbocycles. The summed E-state index contributed by atoms with van der Waals surface area (Å²) in [6.45, 7) is 6.73. The van der Waals surface area contributed by atoms with E-state index >= 15 is 0 Å². The van der Waals surface area contributed by atoms with Crippen LogP contribution in [-0.4, -0.2) is 41.2 Å². The minimum Gasteiger partial charge on any atom is -0.383 e. The molecule has 0 unspecified atom stereocenters. The van der Waals surface area contributed by atoms with Crippen LogP contribution in [0.15, 0.2) is 11.4 Å². The average molecular weight is 328 g/mol. The van der Waals surface area contributed by atoms with E-state index in [0.717, 1.165) is 35.4 Å². The quantitative estimate of drug-likeness (QED) is 0.687. The van der Waals surface area contributed by atoms with Crippen molar-refractivity contribution in [1.82, 2.24) is 14.9 Å². The number of fused-ring (bicyclic) bond motifs is 1. The Kier molecular flexibility index (Phi) is 6.36. The molecule has 0 saturated heterocycles. The van der Waals surface area contributed by atoms with E-state index in [0.29, 0.717) is 24.3 Å². The predicted molar refractivity (Wildman–Crippen MR) is 89.1 cm³/mol. The van der Waals surface area contributed by atoms with Gasteiger partial charge < -0.3 is 4.74 Å². The Morgan fingerprint density at radius 1 is 1.33 bits per heavy atom. The number of nitrogens with zero attached hydrogens (tertiary/aromatic N) is 3. The highest BCUT2D eigenvalue weighted by atomic mass is 35.5. The molecule has 0 aliphatic carbocycles. The normalized spacial score (nSPS) is 11.9. The van der Waals surface area contributed by atoms with Gasteiger partial charge in [0.05, 0.1) is 13.2 Å². The largest absolute Gasteiger partial charge is 0.383 e. The second kappa shape index (κ2) is 8.03. The fourth-order valence-corrected chi connectivity index (χ4v) is 3.61. The molecule has 0 aliphatic rings. The van der Waals surface area contributed by atoms with Crippen molar-refractivity contribution in [2.24, 2.45) is 0 Å². The second-order valence-corrected chi connectivity index (χ2v) is 6.26. The van der Waals surface area contributed by atoms with Crippen LogP contribution in [0, 0.1) is 0 Å². The van der Waals surface area contributed by atoms with Crippen LogP contribution in [0.4, 0.5) is 0 Å². The first-order valence-corrected chi connectivity index (χ1v) is 8.57. The number of methoxy groups -OCH3 is 1. The molecule has 0 bridgehead atoms. The van der Waals surface area contributed by atoms with E-state index in [1.807, 2.05) is 11.4 Å². The summed E-state index contributed by atoms with van der Waals surface area (Å²) in [4.78, 5) is 12.4. The van der Waals surface area contributed by atoms with Crippen LogP contribution in [0.1, 0.15) is 32.5 Å². The molecule has 0 aromatic carbocycles. The molecule has 2 aromatic rings. The van der Waals surface area contributed by atoms with Crippen molar-refractivity contribution in [3.05, 3.63) is 22.4 Å². The summed E-state index contributed by atoms with van der Waals surface area (Å²) < 4.78 is 5.22. The molecule has 2 heterocycles. The maximum atomic E-state index is 6.25. The van der Waals surface area contributed by atoms with Crippen molar-refractivity contribution >= 4 is 33.2 Å². The Morgan fingerprint density at radius 3 is 2.76 bits per heavy atom. The van der Waals surface area contributed by atoms with E-state index in [2.05, 4.69) is 28.7 Å². The summed E-state index contributed by atoms with van der Waals surface area (Å²) in [5.74, 6) is 0.790. The van der Waals surface area contributed by atoms with E-state index in [1.54, 1.807) is 18.4 Å². The van der Waals surface area contributed by atoms with Crippen molar-refractivity contribution < 1.29 is 4.74 Å². The highest BCUT2D eigenvalue weighted by molar-refractivity contribution is 7.16. The van der Waals surface area contributed by atoms with E-state index in [1.165, 1.54) is 0 Å². The monoisotopic (exact) mass is 327 g/mol. The van der Waals surface area contributed by atoms with Gasteiger partial charge in [0.25, 0.3) is 0 Å². The Morgan fingerprint density at radius 2 is 2.10 bits per heavy atom. The summed E-state index contributed by atoms with van der Waals surface area (Å²) in [6.07, 6.45) is 2.21. The molecule has 0 amide bonds. The van der Waals surface area contributed by atoms with E-state index < -0.39 is 0 Å². The highest BCUT2D eigenvalue weighted by Gasteiger charge is 2.17. The first-order valence-electron chi connectivity index (χ1n) is 7.32. The molecule has 0 atom stereocenters. The van der Waals surface area contributed by atoms with Crippen molar-refractivity contribution in [1.29, 1.82) is 0 Å². The van der Waals surface area contributed by atoms with Gasteiger partial charge in [-0.3, -0.25) is 4.90 Å². The minimum atomic E-state index is 0.515. The number of ether oxygens (including phenoxy) is 1. The van der Waals surface area contributed by atoms with Crippen LogP contribution >= 0.6 is 22.9 Å². The summed E-state index contributed by atoms with van der Waals surface area (Å²) in [5, 5.41) is 3.49. The molecule has 0 spiro atoms. The lowest BCUT2D eigenvalue weighted by Crippen LogP contribution is -2.37. The summed E-state index contributed by atoms with van der Waals surface area (Å²) >= 11 is 7.85. The zero-order valence-corrected chi connectivity index (χ0v) is 14.4. The van der Waals surface area contributed by atoms with Crippen LogP contribution in [-0.2, 0) is 11.3 Å². The van der Waals surface area contributed by atoms with E-state index in [-0.39, 0.29) is 0 Å². The topological polar surface area (TPSA) is 38.2 Å². The number of halogens is 1. The number of hydrogen-bond acceptors (Lipinski definition) is 5. The summed E-state index contributed by atoms with van der Waals surface area (Å²) in [5.41, 5.74) is 0. The van der Waals surface area contributed by atoms with Gasteiger partial charge in [-0.05, 0) is 24.3 Å². The Hall–Kier alpha value is -0.750. The number of aromatic nitrogens is 2. The molecular weight excluding hydrogens is 306 g/mol. The van der Waals surface area contributed by atoms with Gasteiger partial charge in [0, 0.05) is 25.1 Å². The number of thiophene rings is 1. The maximum absolute atomic E-state index is 6.25. The van der Waals surface area contributed by atoms with Gasteiger partial charge in [0.1, 0.15) is 15.8 Å². The van der Waals surface area contributed by atoms with Gasteiger partial charge in [-0.1, -0.05) is 25.4 Å². The van der Waals surface area contributed by atoms with Gasteiger partial charge in [-0.15, -0.1) is 11.3 Å². The van der Waals surface area contributed by atoms with Gasteiger partial charge in [0.15, 0.2) is 0 Å². The molecule has 2 aromatic heterocycles. The van der Waals surface area contributed by atoms with Gasteiger partial charge in [-0.2, -0.15) is 0 Å². The third-order valence-electron chi connectivity index (χ3n) is 3.71. The van der Waals surface area contributed by atoms with Gasteiger partial charge in [-0.25, -0.2) is 9.97 Å². The molecule has 21 heavy (non-hydrogen) atoms. The van der Waals surface area contributed by atoms with Gasteiger partial charge in [0.2, 0.25) is 0 Å². The number of hydrogen-bond donors (Lipinski definition) is 0. The molecule has 0 fully saturated rings. The summed E-state index contributed by atoms with van der Waals surface area (Å²) in [7, 11) is 1.73. The smallest absolute Gasteiger partial charge is 0.145 e. The van der Waals surface area contributed by atoms with Crippen LogP contribution < -0.4 is 0 Å². The highest BCUT2D eigenvalue weighted by Crippen LogP contribution is 2.25. The zero-order chi connectivity index (χ0) is 15.2. The molecule has 4 nitrogen and oxygen atoms in total. The van der Waals surface area contributed by atoms with Crippen LogP contribution in [0.25, 0.3) is 10.2 Å². The molecule has 2 rings (SSSR count). The first kappa shape index (κ1) is 16.6. The fraction of sp³-hybridized carbons (Fsp3) is 0.600. The Balaban J connectivity index is 2.20. The third-order valence-corrected chi connectivity index (χ3v) is 4.81. The van der Waals surface area contributed by atoms with Crippen molar-refractivity contribution in [2.45, 2.75) is 39.3 Å². The lowest BCUT2D eigenvalue weighted by Gasteiger charge is -2.29. The second-order valence-electron chi connectivity index (χ2n) is 5.00. The van der Waals surface area contributed by atoms with Crippen molar-refractivity contribution in [2.75, 3.05) is 20.3 Å². The first-order chi connectivity index (χ1) is 10.2. The molecule has 0 N–H and O–H groups in total. The van der Waals surface area contributed by atoms with E-state index in [4.69, 9.17) is 16.3 Å². The van der Waals surface area contributed by atoms with Crippen LogP contribution in [0.5, 0.6) is 0 Å². The van der Waals surface area contributed by atoms with Crippen LogP contribution in [0.2, 0.25) is 5.15 Å². The minimum absolute atomic E-state index is 0.515. The zero-order valence-electron chi connectivity index (χ0n) is 12.8. The molecule has 0 radical (unpaired) electrons. The van der Waals surface area contributed by atoms with Gasteiger partial charge >= 0.3 is 0 Å². The standard InChI is InChI=1S/C15H22ClN3OS/c1-4-11(5-2)19(7-8-20-3)10-13-17-14(16)12-6-9-21-15(12)18-13/h6,9,11H,4-5,7-8,10H2,1-3H3. The average Bonchev–Trinajstić information content (AvgIpc) is 2.94. The third kappa shape index (κ3) is 4.13. The molecule has 6 heteroatoms. The Bertz CT molecular complexity index is 571. The lowest BCUT2D eigenvalue weighted by molar-refractivity contribution is 0.108. The SMILES string of the molecule is CCC(CC)N(CCOC)Cc1nc(Cl)c2ccsc2n1. The van der Waals surface area contributed by atoms with Crippen molar-refractivity contribution in [3.63, 3.8) is 0 Å².